The van der Waals surface area contributed by atoms with Crippen molar-refractivity contribution in [1.82, 2.24) is 10.3 Å². The molecule has 6 heteroatoms. The van der Waals surface area contributed by atoms with Crippen LogP contribution in [0.5, 0.6) is 0 Å². The third-order valence-corrected chi connectivity index (χ3v) is 3.79. The second kappa shape index (κ2) is 6.09. The molecule has 110 valence electrons. The van der Waals surface area contributed by atoms with Gasteiger partial charge in [-0.15, -0.1) is 0 Å². The molecule has 1 fully saturated rings. The molecule has 1 saturated heterocycles. The Labute approximate surface area is 118 Å². The summed E-state index contributed by atoms with van der Waals surface area (Å²) in [6.45, 7) is 5.01. The lowest BCUT2D eigenvalue weighted by Gasteiger charge is -2.19. The number of carbonyl (C=O) groups is 2. The summed E-state index contributed by atoms with van der Waals surface area (Å²) in [5.74, 6) is 6.58. The lowest BCUT2D eigenvalue weighted by atomic mass is 10.0. The van der Waals surface area contributed by atoms with Crippen molar-refractivity contribution < 1.29 is 14.0 Å². The predicted octanol–water partition coefficient (Wildman–Crippen LogP) is 1.34. The third-order valence-electron chi connectivity index (χ3n) is 3.79. The van der Waals surface area contributed by atoms with Gasteiger partial charge in [0.2, 0.25) is 5.91 Å². The van der Waals surface area contributed by atoms with E-state index in [-0.39, 0.29) is 11.8 Å². The zero-order valence-corrected chi connectivity index (χ0v) is 11.9. The summed E-state index contributed by atoms with van der Waals surface area (Å²) in [6.07, 6.45) is 2.52. The van der Waals surface area contributed by atoms with Crippen LogP contribution in [0.25, 0.3) is 0 Å². The van der Waals surface area contributed by atoms with Crippen molar-refractivity contribution in [3.8, 4) is 0 Å². The van der Waals surface area contributed by atoms with E-state index in [2.05, 4.69) is 12.3 Å². The first-order chi connectivity index (χ1) is 9.51. The highest BCUT2D eigenvalue weighted by atomic mass is 16.3. The number of nitrogens with two attached hydrogens (primary N) is 1. The fourth-order valence-electron chi connectivity index (χ4n) is 2.45. The van der Waals surface area contributed by atoms with Crippen LogP contribution in [0.1, 0.15) is 48.1 Å². The van der Waals surface area contributed by atoms with Crippen LogP contribution in [-0.2, 0) is 11.3 Å². The normalized spacial score (nSPS) is 19.9. The second-order valence-electron chi connectivity index (χ2n) is 5.40. The van der Waals surface area contributed by atoms with Crippen molar-refractivity contribution in [3.63, 3.8) is 0 Å². The SMILES string of the molecule is Cc1oc(CN2CCC(C)CCC2=O)cc1C(=O)NN. The molecule has 1 atom stereocenters. The van der Waals surface area contributed by atoms with Crippen LogP contribution >= 0.6 is 0 Å². The molecule has 20 heavy (non-hydrogen) atoms. The molecule has 1 aromatic heterocycles. The quantitative estimate of drug-likeness (QED) is 0.496. The van der Waals surface area contributed by atoms with Crippen molar-refractivity contribution in [3.05, 3.63) is 23.2 Å². The number of nitrogens with one attached hydrogen (secondary N) is 1. The van der Waals surface area contributed by atoms with E-state index in [4.69, 9.17) is 10.3 Å². The van der Waals surface area contributed by atoms with E-state index in [0.717, 1.165) is 19.4 Å². The van der Waals surface area contributed by atoms with Gasteiger partial charge in [0.1, 0.15) is 11.5 Å². The van der Waals surface area contributed by atoms with Crippen LogP contribution in [0.2, 0.25) is 0 Å². The molecule has 0 aromatic carbocycles. The average molecular weight is 279 g/mol. The molecule has 1 aliphatic rings. The van der Waals surface area contributed by atoms with E-state index in [1.165, 1.54) is 0 Å². The van der Waals surface area contributed by atoms with Gasteiger partial charge in [-0.2, -0.15) is 0 Å². The Balaban J connectivity index is 2.09. The number of hydrazine groups is 1. The summed E-state index contributed by atoms with van der Waals surface area (Å²) < 4.78 is 5.55. The number of amides is 2. The van der Waals surface area contributed by atoms with Crippen LogP contribution < -0.4 is 11.3 Å². The molecule has 0 spiro atoms. The Morgan fingerprint density at radius 1 is 1.55 bits per heavy atom. The number of carbonyl (C=O) groups excluding carboxylic acids is 2. The molecule has 2 heterocycles. The topological polar surface area (TPSA) is 88.6 Å². The summed E-state index contributed by atoms with van der Waals surface area (Å²) in [6, 6.07) is 1.65. The minimum atomic E-state index is -0.381. The van der Waals surface area contributed by atoms with Crippen LogP contribution in [0.3, 0.4) is 0 Å². The van der Waals surface area contributed by atoms with Crippen LogP contribution in [-0.4, -0.2) is 23.3 Å². The standard InChI is InChI=1S/C14H21N3O3/c1-9-3-4-13(18)17(6-5-9)8-11-7-12(10(2)20-11)14(19)16-15/h7,9H,3-6,8,15H2,1-2H3,(H,16,19). The molecule has 1 unspecified atom stereocenters. The second-order valence-corrected chi connectivity index (χ2v) is 5.40. The van der Waals surface area contributed by atoms with Gasteiger partial charge in [0.05, 0.1) is 12.1 Å². The summed E-state index contributed by atoms with van der Waals surface area (Å²) in [5, 5.41) is 0. The summed E-state index contributed by atoms with van der Waals surface area (Å²) in [5.41, 5.74) is 2.50. The minimum Gasteiger partial charge on any atom is -0.464 e. The largest absolute Gasteiger partial charge is 0.464 e. The average Bonchev–Trinajstić information content (AvgIpc) is 2.72. The highest BCUT2D eigenvalue weighted by Crippen LogP contribution is 2.21. The van der Waals surface area contributed by atoms with Gasteiger partial charge in [0, 0.05) is 13.0 Å². The first-order valence-electron chi connectivity index (χ1n) is 6.89. The fraction of sp³-hybridized carbons (Fsp3) is 0.571. The van der Waals surface area contributed by atoms with Gasteiger partial charge in [-0.3, -0.25) is 15.0 Å². The molecule has 1 aromatic rings. The monoisotopic (exact) mass is 279 g/mol. The fourth-order valence-corrected chi connectivity index (χ4v) is 2.45. The molecule has 6 nitrogen and oxygen atoms in total. The zero-order valence-electron chi connectivity index (χ0n) is 11.9. The van der Waals surface area contributed by atoms with E-state index in [0.29, 0.717) is 36.0 Å². The molecule has 3 N–H and O–H groups in total. The summed E-state index contributed by atoms with van der Waals surface area (Å²) in [7, 11) is 0. The molecule has 2 amide bonds. The Bertz CT molecular complexity index is 510. The molecule has 0 bridgehead atoms. The lowest BCUT2D eigenvalue weighted by Crippen LogP contribution is -2.30. The smallest absolute Gasteiger partial charge is 0.268 e. The molecule has 0 saturated carbocycles. The van der Waals surface area contributed by atoms with Crippen molar-refractivity contribution in [1.29, 1.82) is 0 Å². The van der Waals surface area contributed by atoms with Gasteiger partial charge < -0.3 is 9.32 Å². The number of nitrogens with zero attached hydrogens (tertiary/aromatic N) is 1. The number of furan rings is 1. The Hall–Kier alpha value is -1.82. The maximum Gasteiger partial charge on any atom is 0.268 e. The van der Waals surface area contributed by atoms with Crippen molar-refractivity contribution in [2.75, 3.05) is 6.54 Å². The Kier molecular flexibility index (Phi) is 4.44. The molecule has 0 radical (unpaired) electrons. The van der Waals surface area contributed by atoms with Gasteiger partial charge >= 0.3 is 0 Å². The van der Waals surface area contributed by atoms with Gasteiger partial charge in [-0.05, 0) is 31.7 Å². The van der Waals surface area contributed by atoms with Crippen molar-refractivity contribution in [2.45, 2.75) is 39.7 Å². The van der Waals surface area contributed by atoms with Crippen LogP contribution in [0, 0.1) is 12.8 Å². The number of nitrogen functional groups attached to an aromatic ring is 1. The van der Waals surface area contributed by atoms with E-state index < -0.39 is 0 Å². The highest BCUT2D eigenvalue weighted by molar-refractivity contribution is 5.94. The molecule has 0 aliphatic carbocycles. The number of hydrogen-bond acceptors (Lipinski definition) is 4. The zero-order chi connectivity index (χ0) is 14.7. The summed E-state index contributed by atoms with van der Waals surface area (Å²) in [4.78, 5) is 25.4. The Morgan fingerprint density at radius 3 is 3.00 bits per heavy atom. The summed E-state index contributed by atoms with van der Waals surface area (Å²) >= 11 is 0. The van der Waals surface area contributed by atoms with Gasteiger partial charge in [-0.1, -0.05) is 6.92 Å². The first kappa shape index (κ1) is 14.6. The molecule has 1 aliphatic heterocycles. The highest BCUT2D eigenvalue weighted by Gasteiger charge is 2.22. The Morgan fingerprint density at radius 2 is 2.30 bits per heavy atom. The van der Waals surface area contributed by atoms with E-state index in [9.17, 15) is 9.59 Å². The first-order valence-corrected chi connectivity index (χ1v) is 6.89. The molecule has 2 rings (SSSR count). The van der Waals surface area contributed by atoms with E-state index >= 15 is 0 Å². The third kappa shape index (κ3) is 3.19. The number of likely N-dealkylation sites (tertiary alicyclic amines) is 1. The maximum absolute atomic E-state index is 12.0. The van der Waals surface area contributed by atoms with E-state index in [1.54, 1.807) is 17.9 Å². The molecular weight excluding hydrogens is 258 g/mol. The van der Waals surface area contributed by atoms with Gasteiger partial charge in [-0.25, -0.2) is 5.84 Å². The lowest BCUT2D eigenvalue weighted by molar-refractivity contribution is -0.131. The predicted molar refractivity (Wildman–Crippen MR) is 73.5 cm³/mol. The van der Waals surface area contributed by atoms with Gasteiger partial charge in [0.25, 0.3) is 5.91 Å². The van der Waals surface area contributed by atoms with E-state index in [1.807, 2.05) is 0 Å². The maximum atomic E-state index is 12.0. The van der Waals surface area contributed by atoms with Crippen molar-refractivity contribution >= 4 is 11.8 Å². The number of aryl methyl sites for hydroxylation is 1. The number of rotatable bonds is 3. The van der Waals surface area contributed by atoms with Crippen LogP contribution in [0.4, 0.5) is 0 Å². The minimum absolute atomic E-state index is 0.147. The molecular formula is C14H21N3O3. The van der Waals surface area contributed by atoms with Gasteiger partial charge in [0.15, 0.2) is 0 Å². The van der Waals surface area contributed by atoms with Crippen molar-refractivity contribution in [2.24, 2.45) is 11.8 Å². The van der Waals surface area contributed by atoms with Crippen LogP contribution in [0.15, 0.2) is 10.5 Å². The number of hydrogen-bond donors (Lipinski definition) is 2.